The lowest BCUT2D eigenvalue weighted by Crippen LogP contribution is -2.44. The van der Waals surface area contributed by atoms with Crippen molar-refractivity contribution in [3.63, 3.8) is 0 Å². The van der Waals surface area contributed by atoms with Gasteiger partial charge in [-0.1, -0.05) is 18.2 Å². The number of ether oxygens (including phenoxy) is 2. The summed E-state index contributed by atoms with van der Waals surface area (Å²) >= 11 is 0. The van der Waals surface area contributed by atoms with Crippen LogP contribution < -0.4 is 15.4 Å². The van der Waals surface area contributed by atoms with Crippen molar-refractivity contribution >= 4 is 29.9 Å². The molecule has 0 bridgehead atoms. The monoisotopic (exact) mass is 520 g/mol. The molecule has 1 aromatic carbocycles. The highest BCUT2D eigenvalue weighted by molar-refractivity contribution is 14.0. The zero-order valence-electron chi connectivity index (χ0n) is 17.9. The van der Waals surface area contributed by atoms with E-state index in [9.17, 15) is 5.11 Å². The molecule has 0 amide bonds. The summed E-state index contributed by atoms with van der Waals surface area (Å²) in [5.74, 6) is 1.65. The maximum atomic E-state index is 9.40. The number of likely N-dealkylation sites (N-methyl/N-ethyl adjacent to an activating group) is 1. The second-order valence-corrected chi connectivity index (χ2v) is 7.58. The second-order valence-electron chi connectivity index (χ2n) is 7.58. The van der Waals surface area contributed by atoms with Crippen molar-refractivity contribution in [1.29, 1.82) is 0 Å². The fourth-order valence-corrected chi connectivity index (χ4v) is 3.20. The maximum Gasteiger partial charge on any atom is 0.191 e. The molecule has 1 aliphatic rings. The molecular weight excluding hydrogens is 483 g/mol. The molecule has 166 valence electrons. The lowest BCUT2D eigenvalue weighted by molar-refractivity contribution is 0.127. The molecule has 29 heavy (non-hydrogen) atoms. The fourth-order valence-electron chi connectivity index (χ4n) is 3.20. The molecule has 3 N–H and O–H groups in total. The van der Waals surface area contributed by atoms with Crippen LogP contribution in [0.25, 0.3) is 0 Å². The van der Waals surface area contributed by atoms with Gasteiger partial charge in [-0.15, -0.1) is 24.0 Å². The molecule has 1 fully saturated rings. The number of aliphatic imine (C=N–C) groups is 1. The van der Waals surface area contributed by atoms with Gasteiger partial charge >= 0.3 is 0 Å². The van der Waals surface area contributed by atoms with Gasteiger partial charge in [-0.25, -0.2) is 4.99 Å². The van der Waals surface area contributed by atoms with Crippen LogP contribution in [-0.2, 0) is 11.3 Å². The van der Waals surface area contributed by atoms with Crippen molar-refractivity contribution in [3.05, 3.63) is 29.8 Å². The molecule has 1 aliphatic heterocycles. The first-order valence-corrected chi connectivity index (χ1v) is 10.1. The Morgan fingerprint density at radius 2 is 2.10 bits per heavy atom. The first-order valence-electron chi connectivity index (χ1n) is 10.1. The van der Waals surface area contributed by atoms with Crippen molar-refractivity contribution in [3.8, 4) is 5.75 Å². The molecule has 1 unspecified atom stereocenters. The number of aliphatic hydroxyl groups excluding tert-OH is 1. The summed E-state index contributed by atoms with van der Waals surface area (Å²) in [5.41, 5.74) is 1.05. The van der Waals surface area contributed by atoms with Crippen molar-refractivity contribution in [2.75, 3.05) is 60.2 Å². The summed E-state index contributed by atoms with van der Waals surface area (Å²) in [6, 6.07) is 8.04. The van der Waals surface area contributed by atoms with Gasteiger partial charge in [0.2, 0.25) is 0 Å². The highest BCUT2D eigenvalue weighted by atomic mass is 127. The van der Waals surface area contributed by atoms with Gasteiger partial charge in [0.05, 0.1) is 13.2 Å². The number of hydrogen-bond acceptors (Lipinski definition) is 5. The van der Waals surface area contributed by atoms with E-state index < -0.39 is 0 Å². The quantitative estimate of drug-likeness (QED) is 0.236. The van der Waals surface area contributed by atoms with Crippen LogP contribution in [0.5, 0.6) is 5.75 Å². The predicted molar refractivity (Wildman–Crippen MR) is 128 cm³/mol. The molecule has 1 saturated heterocycles. The Kier molecular flexibility index (Phi) is 12.5. The van der Waals surface area contributed by atoms with Crippen LogP contribution in [0.1, 0.15) is 25.3 Å². The maximum absolute atomic E-state index is 9.40. The van der Waals surface area contributed by atoms with Gasteiger partial charge < -0.3 is 30.1 Å². The third kappa shape index (κ3) is 9.06. The normalized spacial score (nSPS) is 19.1. The van der Waals surface area contributed by atoms with Crippen molar-refractivity contribution in [1.82, 2.24) is 15.5 Å². The van der Waals surface area contributed by atoms with Crippen molar-refractivity contribution in [2.24, 2.45) is 10.4 Å². The summed E-state index contributed by atoms with van der Waals surface area (Å²) in [6.45, 7) is 7.25. The smallest absolute Gasteiger partial charge is 0.191 e. The summed E-state index contributed by atoms with van der Waals surface area (Å²) in [5, 5.41) is 16.1. The second kappa shape index (κ2) is 14.0. The van der Waals surface area contributed by atoms with Gasteiger partial charge in [-0.3, -0.25) is 0 Å². The number of benzene rings is 1. The minimum atomic E-state index is -0.0157. The zero-order valence-corrected chi connectivity index (χ0v) is 20.3. The Morgan fingerprint density at radius 3 is 2.76 bits per heavy atom. The van der Waals surface area contributed by atoms with Crippen LogP contribution in [-0.4, -0.2) is 76.1 Å². The summed E-state index contributed by atoms with van der Waals surface area (Å²) in [7, 11) is 4.07. The van der Waals surface area contributed by atoms with Crippen LogP contribution in [0.4, 0.5) is 0 Å². The van der Waals surface area contributed by atoms with Gasteiger partial charge in [-0.2, -0.15) is 0 Å². The third-order valence-corrected chi connectivity index (χ3v) is 4.98. The van der Waals surface area contributed by atoms with Crippen LogP contribution in [0, 0.1) is 5.41 Å². The number of halogens is 1. The van der Waals surface area contributed by atoms with E-state index in [0.717, 1.165) is 56.4 Å². The van der Waals surface area contributed by atoms with Crippen LogP contribution in [0.15, 0.2) is 29.3 Å². The summed E-state index contributed by atoms with van der Waals surface area (Å²) < 4.78 is 11.5. The number of nitrogens with one attached hydrogen (secondary N) is 2. The first-order chi connectivity index (χ1) is 13.6. The average molecular weight is 520 g/mol. The molecule has 7 nitrogen and oxygen atoms in total. The van der Waals surface area contributed by atoms with Gasteiger partial charge in [0, 0.05) is 43.8 Å². The minimum absolute atomic E-state index is 0. The predicted octanol–water partition coefficient (Wildman–Crippen LogP) is 2.09. The number of aliphatic hydroxyl groups is 1. The number of guanidine groups is 1. The van der Waals surface area contributed by atoms with E-state index in [1.165, 1.54) is 0 Å². The Hall–Kier alpha value is -1.10. The Labute approximate surface area is 192 Å². The van der Waals surface area contributed by atoms with Gasteiger partial charge in [0.1, 0.15) is 12.4 Å². The van der Waals surface area contributed by atoms with Crippen LogP contribution in [0.2, 0.25) is 0 Å². The number of rotatable bonds is 11. The fraction of sp³-hybridized carbons (Fsp3) is 0.667. The molecule has 2 rings (SSSR count). The SMILES string of the molecule is CCNC(=NCc1ccccc1OCCN(C)C)NCC1(CCO)CCOC1.I. The van der Waals surface area contributed by atoms with E-state index >= 15 is 0 Å². The van der Waals surface area contributed by atoms with E-state index in [1.54, 1.807) is 0 Å². The van der Waals surface area contributed by atoms with E-state index in [1.807, 2.05) is 32.3 Å². The number of nitrogens with zero attached hydrogens (tertiary/aromatic N) is 2. The molecule has 1 atom stereocenters. The standard InChI is InChI=1S/C21H36N4O3.HI/c1-4-22-20(24-16-21(9-12-26)10-13-27-17-21)23-15-18-7-5-6-8-19(18)28-14-11-25(2)3;/h5-8,26H,4,9-17H2,1-3H3,(H2,22,23,24);1H. The molecular formula is C21H37IN4O3. The van der Waals surface area contributed by atoms with E-state index in [-0.39, 0.29) is 36.0 Å². The topological polar surface area (TPSA) is 78.4 Å². The molecule has 0 aromatic heterocycles. The van der Waals surface area contributed by atoms with Crippen LogP contribution in [0.3, 0.4) is 0 Å². The molecule has 0 spiro atoms. The van der Waals surface area contributed by atoms with E-state index in [2.05, 4.69) is 28.5 Å². The Balaban J connectivity index is 0.00000420. The number of hydrogen-bond donors (Lipinski definition) is 3. The summed E-state index contributed by atoms with van der Waals surface area (Å²) in [4.78, 5) is 6.84. The van der Waals surface area contributed by atoms with Crippen LogP contribution >= 0.6 is 24.0 Å². The lowest BCUT2D eigenvalue weighted by Gasteiger charge is -2.27. The minimum Gasteiger partial charge on any atom is -0.492 e. The molecule has 0 saturated carbocycles. The molecule has 0 aliphatic carbocycles. The summed E-state index contributed by atoms with van der Waals surface area (Å²) in [6.07, 6.45) is 1.70. The Bertz CT molecular complexity index is 607. The highest BCUT2D eigenvalue weighted by Crippen LogP contribution is 2.31. The third-order valence-electron chi connectivity index (χ3n) is 4.98. The largest absolute Gasteiger partial charge is 0.492 e. The van der Waals surface area contributed by atoms with Crippen molar-refractivity contribution in [2.45, 2.75) is 26.3 Å². The lowest BCUT2D eigenvalue weighted by atomic mass is 9.84. The molecule has 1 aromatic rings. The van der Waals surface area contributed by atoms with Gasteiger partial charge in [-0.05, 0) is 39.9 Å². The van der Waals surface area contributed by atoms with Gasteiger partial charge in [0.25, 0.3) is 0 Å². The molecule has 1 heterocycles. The first kappa shape index (κ1) is 25.9. The van der Waals surface area contributed by atoms with Gasteiger partial charge in [0.15, 0.2) is 5.96 Å². The van der Waals surface area contributed by atoms with E-state index in [0.29, 0.717) is 19.8 Å². The highest BCUT2D eigenvalue weighted by Gasteiger charge is 2.34. The van der Waals surface area contributed by atoms with E-state index in [4.69, 9.17) is 14.5 Å². The number of para-hydroxylation sites is 1. The average Bonchev–Trinajstić information content (AvgIpc) is 3.14. The Morgan fingerprint density at radius 1 is 1.31 bits per heavy atom. The van der Waals surface area contributed by atoms with Crippen molar-refractivity contribution < 1.29 is 14.6 Å². The zero-order chi connectivity index (χ0) is 20.2. The molecule has 8 heteroatoms. The molecule has 0 radical (unpaired) electrons.